The number of halogens is 3. The molecule has 1 atom stereocenters. The van der Waals surface area contributed by atoms with E-state index in [-0.39, 0.29) is 5.92 Å². The summed E-state index contributed by atoms with van der Waals surface area (Å²) in [7, 11) is 0. The molecule has 0 fully saturated rings. The van der Waals surface area contributed by atoms with Crippen LogP contribution in [-0.4, -0.2) is 11.5 Å². The molecule has 1 aromatic heterocycles. The maximum atomic E-state index is 12.8. The van der Waals surface area contributed by atoms with Crippen molar-refractivity contribution in [1.29, 1.82) is 0 Å². The number of pyridine rings is 1. The van der Waals surface area contributed by atoms with Crippen molar-refractivity contribution in [3.63, 3.8) is 0 Å². The molecule has 2 N–H and O–H groups in total. The van der Waals surface area contributed by atoms with Crippen LogP contribution in [0.4, 0.5) is 13.2 Å². The molecule has 2 rings (SSSR count). The van der Waals surface area contributed by atoms with Gasteiger partial charge in [-0.05, 0) is 55.6 Å². The first kappa shape index (κ1) is 14.8. The summed E-state index contributed by atoms with van der Waals surface area (Å²) < 4.78 is 38.4. The lowest BCUT2D eigenvalue weighted by Gasteiger charge is -2.14. The Bertz CT molecular complexity index is 620. The van der Waals surface area contributed by atoms with Gasteiger partial charge in [-0.25, -0.2) is 0 Å². The van der Waals surface area contributed by atoms with Gasteiger partial charge in [-0.3, -0.25) is 4.98 Å². The highest BCUT2D eigenvalue weighted by Crippen LogP contribution is 2.32. The molecule has 0 aliphatic heterocycles. The van der Waals surface area contributed by atoms with Gasteiger partial charge in [0.15, 0.2) is 0 Å². The largest absolute Gasteiger partial charge is 0.416 e. The average molecular weight is 282 g/mol. The highest BCUT2D eigenvalue weighted by atomic mass is 19.4. The number of benzene rings is 1. The van der Waals surface area contributed by atoms with Crippen molar-refractivity contribution in [2.45, 2.75) is 26.4 Å². The molecule has 0 spiro atoms. The van der Waals surface area contributed by atoms with Crippen LogP contribution in [0.1, 0.15) is 23.7 Å². The number of aromatic nitrogens is 1. The van der Waals surface area contributed by atoms with Crippen LogP contribution in [0.15, 0.2) is 24.3 Å². The van der Waals surface area contributed by atoms with Gasteiger partial charge in [-0.15, -0.1) is 0 Å². The zero-order valence-corrected chi connectivity index (χ0v) is 11.5. The Hall–Kier alpha value is -1.62. The molecular formula is C15H17F3N2. The second-order valence-corrected chi connectivity index (χ2v) is 5.20. The number of hydrogen-bond acceptors (Lipinski definition) is 2. The Labute approximate surface area is 115 Å². The number of hydrogen-bond donors (Lipinski definition) is 1. The second kappa shape index (κ2) is 5.40. The monoisotopic (exact) mass is 282 g/mol. The Kier molecular flexibility index (Phi) is 3.99. The fourth-order valence-electron chi connectivity index (χ4n) is 2.25. The summed E-state index contributed by atoms with van der Waals surface area (Å²) >= 11 is 0. The van der Waals surface area contributed by atoms with Crippen molar-refractivity contribution in [2.24, 2.45) is 11.7 Å². The summed E-state index contributed by atoms with van der Waals surface area (Å²) in [6.45, 7) is 4.32. The zero-order valence-electron chi connectivity index (χ0n) is 11.5. The van der Waals surface area contributed by atoms with Crippen molar-refractivity contribution in [1.82, 2.24) is 4.98 Å². The molecule has 1 unspecified atom stereocenters. The van der Waals surface area contributed by atoms with Crippen LogP contribution in [0.2, 0.25) is 0 Å². The van der Waals surface area contributed by atoms with Crippen molar-refractivity contribution in [2.75, 3.05) is 6.54 Å². The molecule has 1 aromatic carbocycles. The smallest absolute Gasteiger partial charge is 0.330 e. The molecule has 5 heteroatoms. The Morgan fingerprint density at radius 2 is 1.95 bits per heavy atom. The topological polar surface area (TPSA) is 38.9 Å². The maximum Gasteiger partial charge on any atom is 0.416 e. The summed E-state index contributed by atoms with van der Waals surface area (Å²) in [6.07, 6.45) is -3.69. The highest BCUT2D eigenvalue weighted by Gasteiger charge is 2.30. The standard InChI is InChI=1S/C15H17F3N2/c1-9(8-19)5-11-6-10(2)20-14-4-3-12(7-13(11)14)15(16,17)18/h3-4,6-7,9H,5,8,19H2,1-2H3. The summed E-state index contributed by atoms with van der Waals surface area (Å²) in [5.41, 5.74) is 7.23. The van der Waals surface area contributed by atoms with E-state index < -0.39 is 11.7 Å². The number of rotatable bonds is 3. The summed E-state index contributed by atoms with van der Waals surface area (Å²) in [4.78, 5) is 4.29. The van der Waals surface area contributed by atoms with Crippen LogP contribution in [0.3, 0.4) is 0 Å². The Morgan fingerprint density at radius 3 is 2.55 bits per heavy atom. The second-order valence-electron chi connectivity index (χ2n) is 5.20. The van der Waals surface area contributed by atoms with E-state index in [1.807, 2.05) is 19.9 Å². The van der Waals surface area contributed by atoms with Gasteiger partial charge in [-0.1, -0.05) is 6.92 Å². The summed E-state index contributed by atoms with van der Waals surface area (Å²) in [5, 5.41) is 0.561. The predicted molar refractivity (Wildman–Crippen MR) is 73.4 cm³/mol. The summed E-state index contributed by atoms with van der Waals surface area (Å²) in [6, 6.07) is 5.53. The van der Waals surface area contributed by atoms with Gasteiger partial charge in [0.1, 0.15) is 0 Å². The fourth-order valence-corrected chi connectivity index (χ4v) is 2.25. The van der Waals surface area contributed by atoms with E-state index >= 15 is 0 Å². The van der Waals surface area contributed by atoms with Gasteiger partial charge in [-0.2, -0.15) is 13.2 Å². The molecular weight excluding hydrogens is 265 g/mol. The number of aryl methyl sites for hydroxylation is 1. The van der Waals surface area contributed by atoms with Crippen LogP contribution < -0.4 is 5.73 Å². The van der Waals surface area contributed by atoms with Crippen LogP contribution in [0.5, 0.6) is 0 Å². The molecule has 0 aliphatic rings. The molecule has 0 aliphatic carbocycles. The van der Waals surface area contributed by atoms with E-state index in [0.717, 1.165) is 17.3 Å². The van der Waals surface area contributed by atoms with Crippen molar-refractivity contribution in [3.05, 3.63) is 41.1 Å². The van der Waals surface area contributed by atoms with Crippen molar-refractivity contribution < 1.29 is 13.2 Å². The molecule has 0 amide bonds. The van der Waals surface area contributed by atoms with Gasteiger partial charge >= 0.3 is 6.18 Å². The van der Waals surface area contributed by atoms with E-state index in [1.54, 1.807) is 0 Å². The predicted octanol–water partition coefficient (Wildman–Crippen LogP) is 3.70. The maximum absolute atomic E-state index is 12.8. The fraction of sp³-hybridized carbons (Fsp3) is 0.400. The average Bonchev–Trinajstić information content (AvgIpc) is 2.36. The molecule has 20 heavy (non-hydrogen) atoms. The van der Waals surface area contributed by atoms with Gasteiger partial charge < -0.3 is 5.73 Å². The molecule has 0 radical (unpaired) electrons. The lowest BCUT2D eigenvalue weighted by molar-refractivity contribution is -0.137. The van der Waals surface area contributed by atoms with Crippen LogP contribution in [0.25, 0.3) is 10.9 Å². The first-order valence-corrected chi connectivity index (χ1v) is 6.49. The molecule has 2 aromatic rings. The lowest BCUT2D eigenvalue weighted by Crippen LogP contribution is -2.13. The van der Waals surface area contributed by atoms with E-state index in [2.05, 4.69) is 4.98 Å². The summed E-state index contributed by atoms with van der Waals surface area (Å²) in [5.74, 6) is 0.217. The molecule has 1 heterocycles. The zero-order chi connectivity index (χ0) is 14.9. The number of nitrogens with two attached hydrogens (primary N) is 1. The number of fused-ring (bicyclic) bond motifs is 1. The van der Waals surface area contributed by atoms with E-state index in [4.69, 9.17) is 5.73 Å². The van der Waals surface area contributed by atoms with Gasteiger partial charge in [0.25, 0.3) is 0 Å². The van der Waals surface area contributed by atoms with E-state index in [9.17, 15) is 13.2 Å². The molecule has 108 valence electrons. The van der Waals surface area contributed by atoms with Crippen LogP contribution in [0, 0.1) is 12.8 Å². The third-order valence-electron chi connectivity index (χ3n) is 3.32. The third kappa shape index (κ3) is 3.10. The van der Waals surface area contributed by atoms with Crippen molar-refractivity contribution in [3.8, 4) is 0 Å². The Balaban J connectivity index is 2.59. The SMILES string of the molecule is Cc1cc(CC(C)CN)c2cc(C(F)(F)F)ccc2n1. The molecule has 0 bridgehead atoms. The van der Waals surface area contributed by atoms with Crippen LogP contribution in [-0.2, 0) is 12.6 Å². The van der Waals surface area contributed by atoms with Gasteiger partial charge in [0.2, 0.25) is 0 Å². The number of alkyl halides is 3. The van der Waals surface area contributed by atoms with Crippen LogP contribution >= 0.6 is 0 Å². The van der Waals surface area contributed by atoms with E-state index in [1.165, 1.54) is 12.1 Å². The minimum atomic E-state index is -4.34. The quantitative estimate of drug-likeness (QED) is 0.932. The minimum absolute atomic E-state index is 0.217. The van der Waals surface area contributed by atoms with Gasteiger partial charge in [0, 0.05) is 11.1 Å². The Morgan fingerprint density at radius 1 is 1.25 bits per heavy atom. The first-order valence-electron chi connectivity index (χ1n) is 6.49. The van der Waals surface area contributed by atoms with E-state index in [0.29, 0.717) is 23.9 Å². The first-order chi connectivity index (χ1) is 9.31. The van der Waals surface area contributed by atoms with Gasteiger partial charge in [0.05, 0.1) is 11.1 Å². The normalized spacial score (nSPS) is 13.7. The third-order valence-corrected chi connectivity index (χ3v) is 3.32. The minimum Gasteiger partial charge on any atom is -0.330 e. The lowest BCUT2D eigenvalue weighted by atomic mass is 9.96. The molecule has 2 nitrogen and oxygen atoms in total. The van der Waals surface area contributed by atoms with Crippen molar-refractivity contribution >= 4 is 10.9 Å². The molecule has 0 saturated heterocycles. The number of nitrogens with zero attached hydrogens (tertiary/aromatic N) is 1. The molecule has 0 saturated carbocycles. The highest BCUT2D eigenvalue weighted by molar-refractivity contribution is 5.83.